The number of nitrogens with one attached hydrogen (secondary N) is 1. The lowest BCUT2D eigenvalue weighted by molar-refractivity contribution is -0.143. The van der Waals surface area contributed by atoms with Crippen molar-refractivity contribution in [2.75, 3.05) is 36.4 Å². The minimum atomic E-state index is -0.655. The monoisotopic (exact) mass is 358 g/mol. The van der Waals surface area contributed by atoms with Gasteiger partial charge in [-0.15, -0.1) is 0 Å². The van der Waals surface area contributed by atoms with Crippen LogP contribution in [0.4, 0.5) is 11.5 Å². The van der Waals surface area contributed by atoms with Gasteiger partial charge < -0.3 is 15.1 Å². The smallest absolute Gasteiger partial charge is 0.315 e. The van der Waals surface area contributed by atoms with Crippen molar-refractivity contribution in [2.45, 2.75) is 6.92 Å². The molecule has 25 heavy (non-hydrogen) atoms. The van der Waals surface area contributed by atoms with Gasteiger partial charge in [0.15, 0.2) is 0 Å². The number of anilines is 2. The van der Waals surface area contributed by atoms with E-state index in [0.29, 0.717) is 37.0 Å². The second kappa shape index (κ2) is 7.53. The van der Waals surface area contributed by atoms with Gasteiger partial charge in [0.05, 0.1) is 0 Å². The van der Waals surface area contributed by atoms with Gasteiger partial charge in [-0.3, -0.25) is 9.59 Å². The lowest BCUT2D eigenvalue weighted by Gasteiger charge is -2.35. The highest BCUT2D eigenvalue weighted by Gasteiger charge is 2.26. The predicted molar refractivity (Wildman–Crippen MR) is 97.8 cm³/mol. The Morgan fingerprint density at radius 1 is 1.12 bits per heavy atom. The van der Waals surface area contributed by atoms with E-state index in [2.05, 4.69) is 15.2 Å². The number of aromatic nitrogens is 1. The SMILES string of the molecule is Cc1cccnc1NC(=O)C(=O)N1CCN(c2cccc(Cl)c2)CC1. The number of hydrogen-bond acceptors (Lipinski definition) is 4. The summed E-state index contributed by atoms with van der Waals surface area (Å²) in [4.78, 5) is 32.3. The molecule has 1 saturated heterocycles. The summed E-state index contributed by atoms with van der Waals surface area (Å²) in [5, 5.41) is 3.27. The van der Waals surface area contributed by atoms with Crippen molar-refractivity contribution in [1.29, 1.82) is 0 Å². The Morgan fingerprint density at radius 3 is 2.56 bits per heavy atom. The molecule has 2 aromatic rings. The van der Waals surface area contributed by atoms with E-state index < -0.39 is 11.8 Å². The highest BCUT2D eigenvalue weighted by molar-refractivity contribution is 6.39. The number of nitrogens with zero attached hydrogens (tertiary/aromatic N) is 3. The molecular weight excluding hydrogens is 340 g/mol. The standard InChI is InChI=1S/C18H19ClN4O2/c1-13-4-3-7-20-16(13)21-17(24)18(25)23-10-8-22(9-11-23)15-6-2-5-14(19)12-15/h2-7,12H,8-11H2,1H3,(H,20,21,24). The molecule has 6 nitrogen and oxygen atoms in total. The summed E-state index contributed by atoms with van der Waals surface area (Å²) in [6.07, 6.45) is 1.58. The van der Waals surface area contributed by atoms with E-state index in [9.17, 15) is 9.59 Å². The number of halogens is 1. The first kappa shape index (κ1) is 17.2. The topological polar surface area (TPSA) is 65.5 Å². The summed E-state index contributed by atoms with van der Waals surface area (Å²) >= 11 is 6.02. The van der Waals surface area contributed by atoms with Gasteiger partial charge in [-0.25, -0.2) is 4.98 Å². The Morgan fingerprint density at radius 2 is 1.88 bits per heavy atom. The summed E-state index contributed by atoms with van der Waals surface area (Å²) in [5.41, 5.74) is 1.84. The second-order valence-electron chi connectivity index (χ2n) is 5.88. The molecule has 0 aliphatic carbocycles. The molecule has 1 N–H and O–H groups in total. The fourth-order valence-electron chi connectivity index (χ4n) is 2.76. The van der Waals surface area contributed by atoms with Crippen LogP contribution in [-0.2, 0) is 9.59 Å². The van der Waals surface area contributed by atoms with Gasteiger partial charge in [0.25, 0.3) is 0 Å². The van der Waals surface area contributed by atoms with E-state index in [1.54, 1.807) is 17.2 Å². The molecule has 1 fully saturated rings. The van der Waals surface area contributed by atoms with Crippen molar-refractivity contribution >= 4 is 34.9 Å². The minimum absolute atomic E-state index is 0.415. The first-order valence-electron chi connectivity index (χ1n) is 8.07. The van der Waals surface area contributed by atoms with Gasteiger partial charge >= 0.3 is 11.8 Å². The van der Waals surface area contributed by atoms with Crippen LogP contribution in [0.5, 0.6) is 0 Å². The summed E-state index contributed by atoms with van der Waals surface area (Å²) in [7, 11) is 0. The van der Waals surface area contributed by atoms with E-state index in [4.69, 9.17) is 11.6 Å². The molecule has 7 heteroatoms. The van der Waals surface area contributed by atoms with Gasteiger partial charge in [-0.2, -0.15) is 0 Å². The van der Waals surface area contributed by atoms with E-state index in [1.807, 2.05) is 37.3 Å². The molecule has 0 bridgehead atoms. The number of piperazine rings is 1. The van der Waals surface area contributed by atoms with Crippen molar-refractivity contribution in [3.8, 4) is 0 Å². The lowest BCUT2D eigenvalue weighted by Crippen LogP contribution is -2.51. The zero-order chi connectivity index (χ0) is 17.8. The number of aryl methyl sites for hydroxylation is 1. The molecule has 1 aromatic carbocycles. The fraction of sp³-hybridized carbons (Fsp3) is 0.278. The van der Waals surface area contributed by atoms with Crippen LogP contribution < -0.4 is 10.2 Å². The van der Waals surface area contributed by atoms with Crippen LogP contribution in [0.2, 0.25) is 5.02 Å². The van der Waals surface area contributed by atoms with Crippen LogP contribution in [-0.4, -0.2) is 47.9 Å². The Hall–Kier alpha value is -2.60. The van der Waals surface area contributed by atoms with E-state index >= 15 is 0 Å². The van der Waals surface area contributed by atoms with Crippen molar-refractivity contribution in [1.82, 2.24) is 9.88 Å². The molecule has 1 aliphatic heterocycles. The highest BCUT2D eigenvalue weighted by Crippen LogP contribution is 2.21. The van der Waals surface area contributed by atoms with Gasteiger partial charge in [0.2, 0.25) is 0 Å². The van der Waals surface area contributed by atoms with Crippen LogP contribution >= 0.6 is 11.6 Å². The van der Waals surface area contributed by atoms with Gasteiger partial charge in [-0.05, 0) is 36.8 Å². The number of carbonyl (C=O) groups excluding carboxylic acids is 2. The second-order valence-corrected chi connectivity index (χ2v) is 6.32. The number of amides is 2. The third-order valence-corrected chi connectivity index (χ3v) is 4.41. The van der Waals surface area contributed by atoms with Gasteiger partial charge in [-0.1, -0.05) is 23.7 Å². The molecule has 0 atom stereocenters. The third-order valence-electron chi connectivity index (χ3n) is 4.18. The molecule has 0 saturated carbocycles. The van der Waals surface area contributed by atoms with Gasteiger partial charge in [0, 0.05) is 43.1 Å². The van der Waals surface area contributed by atoms with E-state index in [1.165, 1.54) is 0 Å². The molecule has 3 rings (SSSR count). The molecule has 0 unspecified atom stereocenters. The maximum absolute atomic E-state index is 12.4. The third kappa shape index (κ3) is 4.09. The molecule has 2 amide bonds. The highest BCUT2D eigenvalue weighted by atomic mass is 35.5. The fourth-order valence-corrected chi connectivity index (χ4v) is 2.95. The maximum atomic E-state index is 12.4. The molecule has 0 radical (unpaired) electrons. The van der Waals surface area contributed by atoms with E-state index in [-0.39, 0.29) is 0 Å². The van der Waals surface area contributed by atoms with Crippen LogP contribution in [0.25, 0.3) is 0 Å². The zero-order valence-electron chi connectivity index (χ0n) is 13.9. The average Bonchev–Trinajstić information content (AvgIpc) is 2.63. The molecular formula is C18H19ClN4O2. The zero-order valence-corrected chi connectivity index (χ0v) is 14.7. The first-order valence-corrected chi connectivity index (χ1v) is 8.45. The molecule has 130 valence electrons. The normalized spacial score (nSPS) is 14.3. The predicted octanol–water partition coefficient (Wildman–Crippen LogP) is 2.33. The average molecular weight is 359 g/mol. The molecule has 0 spiro atoms. The van der Waals surface area contributed by atoms with Crippen LogP contribution in [0.3, 0.4) is 0 Å². The quantitative estimate of drug-likeness (QED) is 0.837. The Kier molecular flexibility index (Phi) is 5.19. The lowest BCUT2D eigenvalue weighted by atomic mass is 10.2. The van der Waals surface area contributed by atoms with Crippen molar-refractivity contribution in [3.05, 3.63) is 53.2 Å². The van der Waals surface area contributed by atoms with Gasteiger partial charge in [0.1, 0.15) is 5.82 Å². The maximum Gasteiger partial charge on any atom is 0.315 e. The summed E-state index contributed by atoms with van der Waals surface area (Å²) < 4.78 is 0. The number of rotatable bonds is 2. The summed E-state index contributed by atoms with van der Waals surface area (Å²) in [6.45, 7) is 4.11. The number of pyridine rings is 1. The summed E-state index contributed by atoms with van der Waals surface area (Å²) in [6, 6.07) is 11.2. The Balaban J connectivity index is 1.58. The number of carbonyl (C=O) groups is 2. The van der Waals surface area contributed by atoms with Crippen molar-refractivity contribution < 1.29 is 9.59 Å². The van der Waals surface area contributed by atoms with Crippen LogP contribution in [0.15, 0.2) is 42.6 Å². The number of benzene rings is 1. The Labute approximate surface area is 151 Å². The minimum Gasteiger partial charge on any atom is -0.368 e. The first-order chi connectivity index (χ1) is 12.0. The van der Waals surface area contributed by atoms with Crippen LogP contribution in [0, 0.1) is 6.92 Å². The largest absolute Gasteiger partial charge is 0.368 e. The van der Waals surface area contributed by atoms with Crippen molar-refractivity contribution in [2.24, 2.45) is 0 Å². The molecule has 1 aliphatic rings. The summed E-state index contributed by atoms with van der Waals surface area (Å²) in [5.74, 6) is -0.771. The van der Waals surface area contributed by atoms with Crippen molar-refractivity contribution in [3.63, 3.8) is 0 Å². The van der Waals surface area contributed by atoms with E-state index in [0.717, 1.165) is 11.3 Å². The van der Waals surface area contributed by atoms with Crippen LogP contribution in [0.1, 0.15) is 5.56 Å². The Bertz CT molecular complexity index is 788. The molecule has 1 aromatic heterocycles. The molecule has 2 heterocycles. The number of hydrogen-bond donors (Lipinski definition) is 1.